The van der Waals surface area contributed by atoms with E-state index in [1.807, 2.05) is 6.07 Å². The van der Waals surface area contributed by atoms with E-state index in [0.29, 0.717) is 17.9 Å². The number of hydrogen-bond donors (Lipinski definition) is 1. The Morgan fingerprint density at radius 3 is 3.09 bits per heavy atom. The van der Waals surface area contributed by atoms with Crippen LogP contribution in [0.1, 0.15) is 17.7 Å². The van der Waals surface area contributed by atoms with Crippen LogP contribution >= 0.6 is 22.9 Å². The first-order valence-corrected chi connectivity index (χ1v) is 9.56. The molecule has 0 amide bonds. The Kier molecular flexibility index (Phi) is 3.30. The highest BCUT2D eigenvalue weighted by Crippen LogP contribution is 2.55. The standard InChI is InChI=1S/C18H20ClNO2S/c19-17-11-3-1-2-4-15(11)23-16(17)8-20-7-13-12(9-21)14-5-6-18(13,10-20)22-14/h1-4,12-14,21H,5-10H2/t12-,13+,14+,18+/m0/s1. The molecule has 4 heterocycles. The van der Waals surface area contributed by atoms with Crippen LogP contribution in [0.15, 0.2) is 24.3 Å². The predicted octanol–water partition coefficient (Wildman–Crippen LogP) is 3.53. The quantitative estimate of drug-likeness (QED) is 0.920. The Morgan fingerprint density at radius 1 is 1.39 bits per heavy atom. The van der Waals surface area contributed by atoms with Gasteiger partial charge in [0.1, 0.15) is 0 Å². The Bertz CT molecular complexity index is 763. The molecule has 122 valence electrons. The van der Waals surface area contributed by atoms with Crippen molar-refractivity contribution in [1.29, 1.82) is 0 Å². The Balaban J connectivity index is 1.41. The molecule has 1 aromatic heterocycles. The molecule has 2 bridgehead atoms. The summed E-state index contributed by atoms with van der Waals surface area (Å²) in [5, 5.41) is 11.8. The largest absolute Gasteiger partial charge is 0.396 e. The van der Waals surface area contributed by atoms with Crippen molar-refractivity contribution in [2.75, 3.05) is 19.7 Å². The van der Waals surface area contributed by atoms with Gasteiger partial charge < -0.3 is 9.84 Å². The fraction of sp³-hybridized carbons (Fsp3) is 0.556. The SMILES string of the molecule is OC[C@H]1[C@H]2CN(Cc3sc4ccccc4c3Cl)C[C@]23CC[C@H]1O3. The molecule has 0 saturated carbocycles. The molecule has 3 nitrogen and oxygen atoms in total. The lowest BCUT2D eigenvalue weighted by Crippen LogP contribution is -2.37. The maximum absolute atomic E-state index is 9.73. The van der Waals surface area contributed by atoms with E-state index < -0.39 is 0 Å². The van der Waals surface area contributed by atoms with Crippen LogP contribution in [0.5, 0.6) is 0 Å². The van der Waals surface area contributed by atoms with Gasteiger partial charge in [-0.1, -0.05) is 29.8 Å². The van der Waals surface area contributed by atoms with Crippen molar-refractivity contribution >= 4 is 33.0 Å². The average molecular weight is 350 g/mol. The van der Waals surface area contributed by atoms with Gasteiger partial charge in [0.2, 0.25) is 0 Å². The van der Waals surface area contributed by atoms with Crippen molar-refractivity contribution in [1.82, 2.24) is 4.90 Å². The highest BCUT2D eigenvalue weighted by Gasteiger charge is 2.62. The van der Waals surface area contributed by atoms with Crippen LogP contribution in [0.4, 0.5) is 0 Å². The van der Waals surface area contributed by atoms with Gasteiger partial charge in [0.05, 0.1) is 16.7 Å². The fourth-order valence-electron chi connectivity index (χ4n) is 5.02. The van der Waals surface area contributed by atoms with E-state index in [1.165, 1.54) is 9.58 Å². The number of ether oxygens (including phenoxy) is 1. The molecule has 3 aliphatic rings. The first kappa shape index (κ1) is 14.7. The molecule has 3 saturated heterocycles. The third-order valence-electron chi connectivity index (χ3n) is 6.03. The summed E-state index contributed by atoms with van der Waals surface area (Å²) in [5.74, 6) is 0.811. The van der Waals surface area contributed by atoms with Crippen molar-refractivity contribution in [3.8, 4) is 0 Å². The molecule has 1 spiro atoms. The second kappa shape index (κ2) is 5.17. The third kappa shape index (κ3) is 2.06. The topological polar surface area (TPSA) is 32.7 Å². The van der Waals surface area contributed by atoms with Crippen LogP contribution in [-0.4, -0.2) is 41.4 Å². The number of nitrogens with zero attached hydrogens (tertiary/aromatic N) is 1. The molecule has 3 aliphatic heterocycles. The maximum Gasteiger partial charge on any atom is 0.0858 e. The van der Waals surface area contributed by atoms with E-state index in [4.69, 9.17) is 16.3 Å². The smallest absolute Gasteiger partial charge is 0.0858 e. The number of hydrogen-bond acceptors (Lipinski definition) is 4. The molecule has 5 heteroatoms. The molecule has 5 rings (SSSR count). The van der Waals surface area contributed by atoms with Gasteiger partial charge >= 0.3 is 0 Å². The number of aliphatic hydroxyl groups is 1. The van der Waals surface area contributed by atoms with Gasteiger partial charge in [-0.15, -0.1) is 11.3 Å². The van der Waals surface area contributed by atoms with Gasteiger partial charge in [-0.05, 0) is 18.9 Å². The van der Waals surface area contributed by atoms with Gasteiger partial charge in [0.15, 0.2) is 0 Å². The number of thiophene rings is 1. The minimum atomic E-state index is 0.00121. The molecule has 0 unspecified atom stereocenters. The molecular weight excluding hydrogens is 330 g/mol. The number of rotatable bonds is 3. The summed E-state index contributed by atoms with van der Waals surface area (Å²) >= 11 is 8.40. The predicted molar refractivity (Wildman–Crippen MR) is 93.0 cm³/mol. The number of halogens is 1. The molecule has 23 heavy (non-hydrogen) atoms. The summed E-state index contributed by atoms with van der Waals surface area (Å²) in [7, 11) is 0. The number of likely N-dealkylation sites (tertiary alicyclic amines) is 1. The second-order valence-electron chi connectivity index (χ2n) is 7.22. The highest BCUT2D eigenvalue weighted by molar-refractivity contribution is 7.19. The minimum Gasteiger partial charge on any atom is -0.396 e. The van der Waals surface area contributed by atoms with Crippen molar-refractivity contribution in [3.05, 3.63) is 34.2 Å². The van der Waals surface area contributed by atoms with Gasteiger partial charge in [-0.3, -0.25) is 4.90 Å². The maximum atomic E-state index is 9.73. The monoisotopic (exact) mass is 349 g/mol. The van der Waals surface area contributed by atoms with Crippen LogP contribution in [0.25, 0.3) is 10.1 Å². The number of aliphatic hydroxyl groups excluding tert-OH is 1. The van der Waals surface area contributed by atoms with E-state index in [2.05, 4.69) is 23.1 Å². The lowest BCUT2D eigenvalue weighted by atomic mass is 9.74. The van der Waals surface area contributed by atoms with Gasteiger partial charge in [0, 0.05) is 53.0 Å². The van der Waals surface area contributed by atoms with Crippen molar-refractivity contribution in [2.24, 2.45) is 11.8 Å². The van der Waals surface area contributed by atoms with Crippen LogP contribution in [0.2, 0.25) is 5.02 Å². The van der Waals surface area contributed by atoms with Gasteiger partial charge in [-0.2, -0.15) is 0 Å². The zero-order valence-corrected chi connectivity index (χ0v) is 14.4. The lowest BCUT2D eigenvalue weighted by molar-refractivity contribution is 0.000459. The van der Waals surface area contributed by atoms with E-state index in [-0.39, 0.29) is 12.2 Å². The van der Waals surface area contributed by atoms with E-state index in [1.54, 1.807) is 11.3 Å². The zero-order valence-electron chi connectivity index (χ0n) is 12.9. The first-order chi connectivity index (χ1) is 11.2. The molecule has 3 fully saturated rings. The van der Waals surface area contributed by atoms with Crippen LogP contribution in [-0.2, 0) is 11.3 Å². The van der Waals surface area contributed by atoms with Crippen molar-refractivity contribution < 1.29 is 9.84 Å². The van der Waals surface area contributed by atoms with E-state index in [0.717, 1.165) is 42.9 Å². The summed E-state index contributed by atoms with van der Waals surface area (Å²) in [4.78, 5) is 3.73. The molecule has 2 aromatic rings. The molecule has 4 atom stereocenters. The fourth-order valence-corrected chi connectivity index (χ4v) is 6.56. The first-order valence-electron chi connectivity index (χ1n) is 8.37. The summed E-state index contributed by atoms with van der Waals surface area (Å²) in [5.41, 5.74) is 0.00121. The summed E-state index contributed by atoms with van der Waals surface area (Å²) < 4.78 is 7.57. The molecular formula is C18H20ClNO2S. The van der Waals surface area contributed by atoms with Crippen LogP contribution < -0.4 is 0 Å². The molecule has 1 aromatic carbocycles. The van der Waals surface area contributed by atoms with Crippen molar-refractivity contribution in [3.63, 3.8) is 0 Å². The average Bonchev–Trinajstić information content (AvgIpc) is 3.26. The Morgan fingerprint density at radius 2 is 2.26 bits per heavy atom. The summed E-state index contributed by atoms with van der Waals surface area (Å²) in [6.07, 6.45) is 2.55. The molecule has 1 N–H and O–H groups in total. The number of fused-ring (bicyclic) bond motifs is 2. The highest BCUT2D eigenvalue weighted by atomic mass is 35.5. The number of benzene rings is 1. The third-order valence-corrected chi connectivity index (χ3v) is 7.73. The van der Waals surface area contributed by atoms with Crippen molar-refractivity contribution in [2.45, 2.75) is 31.1 Å². The zero-order chi connectivity index (χ0) is 15.6. The Hall–Kier alpha value is -0.650. The Labute approximate surface area is 144 Å². The van der Waals surface area contributed by atoms with Crippen LogP contribution in [0, 0.1) is 11.8 Å². The second-order valence-corrected chi connectivity index (χ2v) is 8.73. The van der Waals surface area contributed by atoms with E-state index >= 15 is 0 Å². The summed E-state index contributed by atoms with van der Waals surface area (Å²) in [6.45, 7) is 3.15. The normalized spacial score (nSPS) is 36.2. The lowest BCUT2D eigenvalue weighted by Gasteiger charge is -2.28. The van der Waals surface area contributed by atoms with Crippen LogP contribution in [0.3, 0.4) is 0 Å². The van der Waals surface area contributed by atoms with Gasteiger partial charge in [-0.25, -0.2) is 0 Å². The molecule has 0 radical (unpaired) electrons. The van der Waals surface area contributed by atoms with E-state index in [9.17, 15) is 5.11 Å². The minimum absolute atomic E-state index is 0.00121. The van der Waals surface area contributed by atoms with Gasteiger partial charge in [0.25, 0.3) is 0 Å². The molecule has 0 aliphatic carbocycles. The summed E-state index contributed by atoms with van der Waals surface area (Å²) in [6, 6.07) is 8.35.